The van der Waals surface area contributed by atoms with Gasteiger partial charge in [-0.25, -0.2) is 4.39 Å². The Labute approximate surface area is 187 Å². The lowest BCUT2D eigenvalue weighted by Gasteiger charge is -2.50. The van der Waals surface area contributed by atoms with Gasteiger partial charge in [-0.3, -0.25) is 9.79 Å². The highest BCUT2D eigenvalue weighted by atomic mass is 32.2. The van der Waals surface area contributed by atoms with Crippen molar-refractivity contribution in [2.45, 2.75) is 57.8 Å². The number of halogens is 1. The number of nitrogens with zero attached hydrogens (tertiary/aromatic N) is 2. The molecule has 1 aromatic rings. The SMILES string of the molecule is C[C@]12CCC3c4cccc(F)c4CCC3C1[C@H](CCC(=O)NC1=NCCS1)C/C2=N\O. The van der Waals surface area contributed by atoms with E-state index < -0.39 is 0 Å². The number of nitrogens with one attached hydrogen (secondary N) is 1. The monoisotopic (exact) mass is 443 g/mol. The van der Waals surface area contributed by atoms with Crippen molar-refractivity contribution < 1.29 is 14.4 Å². The molecule has 31 heavy (non-hydrogen) atoms. The van der Waals surface area contributed by atoms with E-state index in [0.717, 1.165) is 67.3 Å². The van der Waals surface area contributed by atoms with Crippen LogP contribution in [0.1, 0.15) is 62.5 Å². The fraction of sp³-hybridized carbons (Fsp3) is 0.625. The summed E-state index contributed by atoms with van der Waals surface area (Å²) in [7, 11) is 0. The minimum atomic E-state index is -0.132. The predicted molar refractivity (Wildman–Crippen MR) is 121 cm³/mol. The molecular formula is C24H30FN3O2S. The van der Waals surface area contributed by atoms with E-state index in [9.17, 15) is 14.4 Å². The molecule has 2 saturated carbocycles. The van der Waals surface area contributed by atoms with Crippen LogP contribution in [0.5, 0.6) is 0 Å². The Morgan fingerprint density at radius 3 is 3.06 bits per heavy atom. The zero-order valence-electron chi connectivity index (χ0n) is 17.9. The highest BCUT2D eigenvalue weighted by Crippen LogP contribution is 2.62. The summed E-state index contributed by atoms with van der Waals surface area (Å²) in [6.45, 7) is 3.01. The number of amides is 1. The molecule has 1 aromatic carbocycles. The molecule has 5 nitrogen and oxygen atoms in total. The van der Waals surface area contributed by atoms with E-state index in [1.54, 1.807) is 17.8 Å². The highest BCUT2D eigenvalue weighted by molar-refractivity contribution is 8.14. The Morgan fingerprint density at radius 1 is 1.42 bits per heavy atom. The molecule has 1 heterocycles. The number of amidine groups is 1. The quantitative estimate of drug-likeness (QED) is 0.524. The Hall–Kier alpha value is -1.89. The molecule has 1 amide bonds. The third kappa shape index (κ3) is 3.59. The first kappa shape index (κ1) is 21.0. The molecule has 4 aliphatic rings. The minimum Gasteiger partial charge on any atom is -0.411 e. The fourth-order valence-electron chi connectivity index (χ4n) is 6.98. The van der Waals surface area contributed by atoms with Crippen LogP contribution in [0.4, 0.5) is 4.39 Å². The highest BCUT2D eigenvalue weighted by Gasteiger charge is 2.57. The van der Waals surface area contributed by atoms with Gasteiger partial charge in [0, 0.05) is 17.6 Å². The van der Waals surface area contributed by atoms with Gasteiger partial charge in [0.25, 0.3) is 0 Å². The van der Waals surface area contributed by atoms with Gasteiger partial charge in [-0.05, 0) is 79.4 Å². The summed E-state index contributed by atoms with van der Waals surface area (Å²) in [4.78, 5) is 16.8. The van der Waals surface area contributed by atoms with Gasteiger partial charge in [0.2, 0.25) is 5.91 Å². The van der Waals surface area contributed by atoms with Gasteiger partial charge in [-0.15, -0.1) is 0 Å². The molecular weight excluding hydrogens is 413 g/mol. The van der Waals surface area contributed by atoms with Crippen LogP contribution in [-0.4, -0.2) is 34.3 Å². The number of fused-ring (bicyclic) bond motifs is 5. The lowest BCUT2D eigenvalue weighted by molar-refractivity contribution is -0.120. The maximum absolute atomic E-state index is 14.4. The molecule has 3 aliphatic carbocycles. The van der Waals surface area contributed by atoms with Gasteiger partial charge < -0.3 is 10.5 Å². The van der Waals surface area contributed by atoms with Crippen LogP contribution in [0.2, 0.25) is 0 Å². The van der Waals surface area contributed by atoms with Crippen molar-refractivity contribution in [1.29, 1.82) is 0 Å². The Bertz CT molecular complexity index is 949. The molecule has 0 saturated heterocycles. The van der Waals surface area contributed by atoms with E-state index in [1.807, 2.05) is 6.07 Å². The number of carbonyl (C=O) groups is 1. The summed E-state index contributed by atoms with van der Waals surface area (Å²) in [6.07, 6.45) is 5.67. The van der Waals surface area contributed by atoms with Gasteiger partial charge in [0.15, 0.2) is 5.17 Å². The summed E-state index contributed by atoms with van der Waals surface area (Å²) >= 11 is 1.60. The van der Waals surface area contributed by atoms with E-state index in [0.29, 0.717) is 30.1 Å². The van der Waals surface area contributed by atoms with Crippen molar-refractivity contribution in [1.82, 2.24) is 5.32 Å². The number of carbonyl (C=O) groups excluding carboxylic acids is 1. The first-order chi connectivity index (χ1) is 15.0. The van der Waals surface area contributed by atoms with Gasteiger partial charge in [-0.1, -0.05) is 36.0 Å². The molecule has 5 atom stereocenters. The molecule has 1 aliphatic heterocycles. The zero-order valence-corrected chi connectivity index (χ0v) is 18.8. The Balaban J connectivity index is 1.37. The number of rotatable bonds is 3. The van der Waals surface area contributed by atoms with E-state index in [1.165, 1.54) is 5.56 Å². The largest absolute Gasteiger partial charge is 0.411 e. The number of benzene rings is 1. The topological polar surface area (TPSA) is 74.0 Å². The Kier molecular flexibility index (Phi) is 5.57. The smallest absolute Gasteiger partial charge is 0.225 e. The maximum Gasteiger partial charge on any atom is 0.225 e. The second-order valence-corrected chi connectivity index (χ2v) is 10.8. The third-order valence-corrected chi connectivity index (χ3v) is 9.18. The van der Waals surface area contributed by atoms with Crippen molar-refractivity contribution in [2.75, 3.05) is 12.3 Å². The number of hydrogen-bond donors (Lipinski definition) is 2. The summed E-state index contributed by atoms with van der Waals surface area (Å²) < 4.78 is 14.4. The molecule has 5 rings (SSSR count). The minimum absolute atomic E-state index is 0.0210. The van der Waals surface area contributed by atoms with Crippen LogP contribution in [0.25, 0.3) is 0 Å². The van der Waals surface area contributed by atoms with Crippen LogP contribution in [0.3, 0.4) is 0 Å². The third-order valence-electron chi connectivity index (χ3n) is 8.29. The second kappa shape index (κ2) is 8.23. The molecule has 0 aromatic heterocycles. The first-order valence-electron chi connectivity index (χ1n) is 11.5. The summed E-state index contributed by atoms with van der Waals surface area (Å²) in [5, 5.41) is 17.2. The lowest BCUT2D eigenvalue weighted by Crippen LogP contribution is -2.44. The van der Waals surface area contributed by atoms with Crippen molar-refractivity contribution in [3.05, 3.63) is 35.1 Å². The van der Waals surface area contributed by atoms with Crippen LogP contribution in [-0.2, 0) is 11.2 Å². The van der Waals surface area contributed by atoms with Gasteiger partial charge in [0.05, 0.1) is 12.3 Å². The van der Waals surface area contributed by atoms with Crippen molar-refractivity contribution in [2.24, 2.45) is 33.3 Å². The average molecular weight is 444 g/mol. The normalized spacial score (nSPS) is 35.3. The molecule has 7 heteroatoms. The molecule has 0 bridgehead atoms. The molecule has 2 fully saturated rings. The van der Waals surface area contributed by atoms with Crippen molar-refractivity contribution in [3.63, 3.8) is 0 Å². The fourth-order valence-corrected chi connectivity index (χ4v) is 7.73. The standard InChI is InChI=1S/C24H30FN3O2S/c1-24-10-9-16-15-3-2-4-19(25)17(15)6-7-18(16)22(24)14(13-20(24)28-30)5-8-21(29)27-23-26-11-12-31-23/h2-4,14,16,18,22,30H,5-13H2,1H3,(H,26,27,29)/b28-20+/t14-,16?,18?,22?,24-/m1/s1. The van der Waals surface area contributed by atoms with Crippen molar-refractivity contribution >= 4 is 28.5 Å². The number of hydrogen-bond acceptors (Lipinski definition) is 5. The lowest BCUT2D eigenvalue weighted by atomic mass is 9.54. The summed E-state index contributed by atoms with van der Waals surface area (Å²) in [5.74, 6) is 2.34. The number of thioether (sulfide) groups is 1. The summed E-state index contributed by atoms with van der Waals surface area (Å²) in [6, 6.07) is 5.52. The zero-order chi connectivity index (χ0) is 21.6. The van der Waals surface area contributed by atoms with Gasteiger partial charge in [0.1, 0.15) is 5.82 Å². The van der Waals surface area contributed by atoms with E-state index in [-0.39, 0.29) is 17.1 Å². The maximum atomic E-state index is 14.4. The number of oxime groups is 1. The molecule has 166 valence electrons. The Morgan fingerprint density at radius 2 is 2.29 bits per heavy atom. The van der Waals surface area contributed by atoms with Crippen LogP contribution < -0.4 is 5.32 Å². The van der Waals surface area contributed by atoms with Crippen LogP contribution in [0.15, 0.2) is 28.3 Å². The molecule has 0 spiro atoms. The predicted octanol–water partition coefficient (Wildman–Crippen LogP) is 4.74. The van der Waals surface area contributed by atoms with Crippen molar-refractivity contribution in [3.8, 4) is 0 Å². The molecule has 3 unspecified atom stereocenters. The average Bonchev–Trinajstić information content (AvgIpc) is 3.37. The molecule has 2 N–H and O–H groups in total. The van der Waals surface area contributed by atoms with E-state index >= 15 is 0 Å². The second-order valence-electron chi connectivity index (χ2n) is 9.73. The van der Waals surface area contributed by atoms with Gasteiger partial charge in [-0.2, -0.15) is 0 Å². The van der Waals surface area contributed by atoms with Crippen LogP contribution in [0, 0.1) is 29.0 Å². The number of aliphatic imine (C=N–C) groups is 1. The van der Waals surface area contributed by atoms with E-state index in [2.05, 4.69) is 28.5 Å². The molecule has 0 radical (unpaired) electrons. The van der Waals surface area contributed by atoms with E-state index in [4.69, 9.17) is 0 Å². The first-order valence-corrected chi connectivity index (χ1v) is 12.5. The summed E-state index contributed by atoms with van der Waals surface area (Å²) in [5.41, 5.74) is 2.84. The van der Waals surface area contributed by atoms with Crippen LogP contribution >= 0.6 is 11.8 Å². The van der Waals surface area contributed by atoms with Gasteiger partial charge >= 0.3 is 0 Å².